The van der Waals surface area contributed by atoms with E-state index in [1.165, 1.54) is 47.5 Å². The number of nitrogens with zero attached hydrogens (tertiary/aromatic N) is 2. The molecule has 1 amide bonds. The Morgan fingerprint density at radius 2 is 2.08 bits per heavy atom. The molecule has 0 unspecified atom stereocenters. The van der Waals surface area contributed by atoms with E-state index in [2.05, 4.69) is 20.5 Å². The van der Waals surface area contributed by atoms with Gasteiger partial charge in [-0.15, -0.1) is 10.2 Å². The quantitative estimate of drug-likeness (QED) is 0.538. The molecule has 0 aliphatic rings. The van der Waals surface area contributed by atoms with Crippen molar-refractivity contribution in [2.45, 2.75) is 10.1 Å². The number of aromatic nitrogens is 3. The van der Waals surface area contributed by atoms with Crippen LogP contribution in [0.15, 0.2) is 51.7 Å². The average Bonchev–Trinajstić information content (AvgIpc) is 3.02. The molecule has 2 heterocycles. The fourth-order valence-corrected chi connectivity index (χ4v) is 3.53. The van der Waals surface area contributed by atoms with Crippen molar-refractivity contribution in [2.24, 2.45) is 0 Å². The third kappa shape index (κ3) is 4.06. The van der Waals surface area contributed by atoms with Gasteiger partial charge in [-0.05, 0) is 17.7 Å². The molecule has 122 valence electrons. The number of benzene rings is 1. The number of rotatable bonds is 5. The first-order chi connectivity index (χ1) is 11.6. The van der Waals surface area contributed by atoms with Crippen molar-refractivity contribution in [3.63, 3.8) is 0 Å². The zero-order valence-corrected chi connectivity index (χ0v) is 13.8. The molecule has 3 rings (SSSR count). The SMILES string of the molecule is O=C(Nc1nnc(SCc2ccccc2F)s1)c1ccc(=O)[nH]c1. The second kappa shape index (κ2) is 7.37. The summed E-state index contributed by atoms with van der Waals surface area (Å²) >= 11 is 2.54. The highest BCUT2D eigenvalue weighted by Crippen LogP contribution is 2.29. The maximum Gasteiger partial charge on any atom is 0.258 e. The molecule has 0 aliphatic heterocycles. The minimum absolute atomic E-state index is 0.263. The van der Waals surface area contributed by atoms with Gasteiger partial charge in [-0.3, -0.25) is 14.9 Å². The summed E-state index contributed by atoms with van der Waals surface area (Å²) in [5.74, 6) is -0.232. The van der Waals surface area contributed by atoms with E-state index in [1.54, 1.807) is 18.2 Å². The number of aromatic amines is 1. The second-order valence-corrected chi connectivity index (χ2v) is 6.85. The largest absolute Gasteiger partial charge is 0.328 e. The second-order valence-electron chi connectivity index (χ2n) is 4.65. The molecule has 1 aromatic carbocycles. The van der Waals surface area contributed by atoms with Crippen molar-refractivity contribution in [3.05, 3.63) is 69.9 Å². The van der Waals surface area contributed by atoms with Gasteiger partial charge in [0.15, 0.2) is 4.34 Å². The first-order valence-corrected chi connectivity index (χ1v) is 8.62. The summed E-state index contributed by atoms with van der Waals surface area (Å²) in [5, 5.41) is 10.8. The van der Waals surface area contributed by atoms with E-state index in [0.717, 1.165) is 0 Å². The molecule has 0 radical (unpaired) electrons. The molecule has 0 atom stereocenters. The lowest BCUT2D eigenvalue weighted by atomic mass is 10.2. The van der Waals surface area contributed by atoms with Gasteiger partial charge in [-0.1, -0.05) is 41.3 Å². The van der Waals surface area contributed by atoms with Crippen LogP contribution in [0.2, 0.25) is 0 Å². The van der Waals surface area contributed by atoms with Crippen LogP contribution in [0.3, 0.4) is 0 Å². The number of thioether (sulfide) groups is 1. The Morgan fingerprint density at radius 1 is 1.25 bits per heavy atom. The van der Waals surface area contributed by atoms with Gasteiger partial charge >= 0.3 is 0 Å². The fraction of sp³-hybridized carbons (Fsp3) is 0.0667. The average molecular weight is 362 g/mol. The van der Waals surface area contributed by atoms with Crippen LogP contribution in [-0.4, -0.2) is 21.1 Å². The van der Waals surface area contributed by atoms with Crippen LogP contribution in [0.4, 0.5) is 9.52 Å². The van der Waals surface area contributed by atoms with Crippen LogP contribution >= 0.6 is 23.1 Å². The Labute approximate surface area is 144 Å². The molecular weight excluding hydrogens is 351 g/mol. The number of carbonyl (C=O) groups is 1. The predicted octanol–water partition coefficient (Wildman–Crippen LogP) is 2.91. The van der Waals surface area contributed by atoms with Crippen molar-refractivity contribution in [2.75, 3.05) is 5.32 Å². The third-order valence-corrected chi connectivity index (χ3v) is 5.00. The first kappa shape index (κ1) is 16.3. The Morgan fingerprint density at radius 3 is 2.83 bits per heavy atom. The Bertz CT molecular complexity index is 905. The van der Waals surface area contributed by atoms with Crippen LogP contribution < -0.4 is 10.9 Å². The molecule has 2 N–H and O–H groups in total. The normalized spacial score (nSPS) is 10.5. The molecule has 0 saturated carbocycles. The summed E-state index contributed by atoms with van der Waals surface area (Å²) in [6, 6.07) is 9.22. The van der Waals surface area contributed by atoms with Crippen LogP contribution in [0, 0.1) is 5.82 Å². The van der Waals surface area contributed by atoms with Gasteiger partial charge in [0.05, 0.1) is 5.56 Å². The van der Waals surface area contributed by atoms with E-state index in [9.17, 15) is 14.0 Å². The molecule has 0 fully saturated rings. The number of nitrogens with one attached hydrogen (secondary N) is 2. The molecule has 0 saturated heterocycles. The highest BCUT2D eigenvalue weighted by Gasteiger charge is 2.11. The summed E-state index contributed by atoms with van der Waals surface area (Å²) in [5.41, 5.74) is 0.608. The van der Waals surface area contributed by atoms with Crippen LogP contribution in [0.1, 0.15) is 15.9 Å². The topological polar surface area (TPSA) is 87.7 Å². The number of anilines is 1. The van der Waals surface area contributed by atoms with Crippen molar-refractivity contribution in [1.82, 2.24) is 15.2 Å². The van der Waals surface area contributed by atoms with Gasteiger partial charge in [0, 0.05) is 18.0 Å². The summed E-state index contributed by atoms with van der Waals surface area (Å²) < 4.78 is 14.2. The molecule has 24 heavy (non-hydrogen) atoms. The molecule has 6 nitrogen and oxygen atoms in total. The maximum atomic E-state index is 13.6. The zero-order chi connectivity index (χ0) is 16.9. The zero-order valence-electron chi connectivity index (χ0n) is 12.2. The Balaban J connectivity index is 1.61. The van der Waals surface area contributed by atoms with Crippen LogP contribution in [0.25, 0.3) is 0 Å². The molecule has 2 aromatic heterocycles. The predicted molar refractivity (Wildman–Crippen MR) is 90.9 cm³/mol. The smallest absolute Gasteiger partial charge is 0.258 e. The number of halogens is 1. The Kier molecular flexibility index (Phi) is 5.02. The van der Waals surface area contributed by atoms with Gasteiger partial charge < -0.3 is 4.98 Å². The highest BCUT2D eigenvalue weighted by molar-refractivity contribution is 8.00. The van der Waals surface area contributed by atoms with Gasteiger partial charge in [-0.25, -0.2) is 4.39 Å². The molecule has 9 heteroatoms. The van der Waals surface area contributed by atoms with E-state index < -0.39 is 5.91 Å². The molecular formula is C15H11FN4O2S2. The lowest BCUT2D eigenvalue weighted by molar-refractivity contribution is 0.102. The highest BCUT2D eigenvalue weighted by atomic mass is 32.2. The van der Waals surface area contributed by atoms with Gasteiger partial charge in [0.25, 0.3) is 5.91 Å². The van der Waals surface area contributed by atoms with E-state index in [0.29, 0.717) is 26.4 Å². The van der Waals surface area contributed by atoms with Gasteiger partial charge in [0.2, 0.25) is 10.7 Å². The number of hydrogen-bond acceptors (Lipinski definition) is 6. The van der Waals surface area contributed by atoms with Crippen molar-refractivity contribution in [3.8, 4) is 0 Å². The number of carbonyl (C=O) groups excluding carboxylic acids is 1. The summed E-state index contributed by atoms with van der Waals surface area (Å²) in [6.07, 6.45) is 1.33. The van der Waals surface area contributed by atoms with Crippen molar-refractivity contribution in [1.29, 1.82) is 0 Å². The van der Waals surface area contributed by atoms with E-state index in [1.807, 2.05) is 0 Å². The number of H-pyrrole nitrogens is 1. The molecule has 0 aliphatic carbocycles. The van der Waals surface area contributed by atoms with Crippen molar-refractivity contribution >= 4 is 34.1 Å². The maximum absolute atomic E-state index is 13.6. The summed E-state index contributed by atoms with van der Waals surface area (Å²) in [6.45, 7) is 0. The number of amides is 1. The number of hydrogen-bond donors (Lipinski definition) is 2. The standard InChI is InChI=1S/C15H11FN4O2S2/c16-11-4-2-1-3-10(11)8-23-15-20-19-14(24-15)18-13(22)9-5-6-12(21)17-7-9/h1-7H,8H2,(H,17,21)(H,18,19,22). The van der Waals surface area contributed by atoms with E-state index in [4.69, 9.17) is 0 Å². The lowest BCUT2D eigenvalue weighted by Crippen LogP contribution is -2.14. The molecule has 0 spiro atoms. The van der Waals surface area contributed by atoms with Gasteiger partial charge in [-0.2, -0.15) is 0 Å². The van der Waals surface area contributed by atoms with Crippen LogP contribution in [0.5, 0.6) is 0 Å². The fourth-order valence-electron chi connectivity index (χ4n) is 1.79. The van der Waals surface area contributed by atoms with Crippen LogP contribution in [-0.2, 0) is 5.75 Å². The monoisotopic (exact) mass is 362 g/mol. The first-order valence-electron chi connectivity index (χ1n) is 6.81. The Hall–Kier alpha value is -2.52. The summed E-state index contributed by atoms with van der Waals surface area (Å²) in [7, 11) is 0. The summed E-state index contributed by atoms with van der Waals surface area (Å²) in [4.78, 5) is 25.4. The lowest BCUT2D eigenvalue weighted by Gasteiger charge is -2.00. The molecule has 0 bridgehead atoms. The van der Waals surface area contributed by atoms with Crippen molar-refractivity contribution < 1.29 is 9.18 Å². The molecule has 3 aromatic rings. The van der Waals surface area contributed by atoms with E-state index in [-0.39, 0.29) is 11.4 Å². The third-order valence-electron chi connectivity index (χ3n) is 2.98. The van der Waals surface area contributed by atoms with Gasteiger partial charge in [0.1, 0.15) is 5.82 Å². The van der Waals surface area contributed by atoms with E-state index >= 15 is 0 Å². The number of pyridine rings is 1. The minimum Gasteiger partial charge on any atom is -0.328 e. The minimum atomic E-state index is -0.395.